The SMILES string of the molecule is CCCCO[C@@H]1CN(C(=O)OC(C)(C)C)CC[C@@]1(COS(C)(=O)=O)c1ccccn1. The maximum absolute atomic E-state index is 12.7. The van der Waals surface area contributed by atoms with E-state index in [1.165, 1.54) is 0 Å². The summed E-state index contributed by atoms with van der Waals surface area (Å²) < 4.78 is 40.5. The van der Waals surface area contributed by atoms with Crippen LogP contribution in [0.4, 0.5) is 4.79 Å². The summed E-state index contributed by atoms with van der Waals surface area (Å²) in [6.45, 7) is 8.58. The topological polar surface area (TPSA) is 95.0 Å². The molecule has 8 nitrogen and oxygen atoms in total. The van der Waals surface area contributed by atoms with E-state index >= 15 is 0 Å². The van der Waals surface area contributed by atoms with Gasteiger partial charge in [-0.1, -0.05) is 19.4 Å². The lowest BCUT2D eigenvalue weighted by Gasteiger charge is -2.46. The molecule has 1 fully saturated rings. The van der Waals surface area contributed by atoms with Gasteiger partial charge in [0.15, 0.2) is 0 Å². The summed E-state index contributed by atoms with van der Waals surface area (Å²) in [7, 11) is -3.66. The van der Waals surface area contributed by atoms with E-state index in [2.05, 4.69) is 11.9 Å². The third-order valence-corrected chi connectivity index (χ3v) is 5.55. The quantitative estimate of drug-likeness (QED) is 0.451. The van der Waals surface area contributed by atoms with Crippen LogP contribution in [0.15, 0.2) is 24.4 Å². The number of rotatable bonds is 8. The Bertz CT molecular complexity index is 793. The smallest absolute Gasteiger partial charge is 0.410 e. The molecule has 30 heavy (non-hydrogen) atoms. The molecule has 0 aromatic carbocycles. The van der Waals surface area contributed by atoms with E-state index in [0.717, 1.165) is 19.1 Å². The Morgan fingerprint density at radius 1 is 1.33 bits per heavy atom. The Kier molecular flexibility index (Phi) is 8.24. The number of likely N-dealkylation sites (tertiary alicyclic amines) is 1. The fraction of sp³-hybridized carbons (Fsp3) is 0.714. The number of pyridine rings is 1. The van der Waals surface area contributed by atoms with Gasteiger partial charge in [0.2, 0.25) is 0 Å². The summed E-state index contributed by atoms with van der Waals surface area (Å²) in [5.74, 6) is 0. The van der Waals surface area contributed by atoms with Gasteiger partial charge in [-0.2, -0.15) is 8.42 Å². The normalized spacial score (nSPS) is 22.7. The Hall–Kier alpha value is -1.71. The first-order valence-electron chi connectivity index (χ1n) is 10.3. The molecule has 1 aliphatic heterocycles. The fourth-order valence-corrected chi connectivity index (χ4v) is 3.86. The van der Waals surface area contributed by atoms with Crippen LogP contribution < -0.4 is 0 Å². The Labute approximate surface area is 180 Å². The van der Waals surface area contributed by atoms with Gasteiger partial charge in [-0.05, 0) is 45.7 Å². The zero-order valence-corrected chi connectivity index (χ0v) is 19.4. The van der Waals surface area contributed by atoms with E-state index < -0.39 is 33.3 Å². The van der Waals surface area contributed by atoms with Crippen LogP contribution in [0.2, 0.25) is 0 Å². The molecule has 0 spiro atoms. The van der Waals surface area contributed by atoms with E-state index in [4.69, 9.17) is 13.7 Å². The van der Waals surface area contributed by atoms with Gasteiger partial charge >= 0.3 is 6.09 Å². The van der Waals surface area contributed by atoms with Crippen molar-refractivity contribution in [3.63, 3.8) is 0 Å². The van der Waals surface area contributed by atoms with Crippen LogP contribution in [0.3, 0.4) is 0 Å². The fourth-order valence-electron chi connectivity index (χ4n) is 3.44. The highest BCUT2D eigenvalue weighted by Gasteiger charge is 2.48. The average molecular weight is 443 g/mol. The highest BCUT2D eigenvalue weighted by Crippen LogP contribution is 2.38. The van der Waals surface area contributed by atoms with E-state index in [-0.39, 0.29) is 13.2 Å². The van der Waals surface area contributed by atoms with Gasteiger partial charge in [0, 0.05) is 19.3 Å². The van der Waals surface area contributed by atoms with Gasteiger partial charge < -0.3 is 14.4 Å². The molecule has 0 N–H and O–H groups in total. The molecule has 0 aliphatic carbocycles. The molecule has 1 aromatic rings. The van der Waals surface area contributed by atoms with E-state index in [9.17, 15) is 13.2 Å². The first-order chi connectivity index (χ1) is 14.0. The number of hydrogen-bond acceptors (Lipinski definition) is 7. The lowest BCUT2D eigenvalue weighted by molar-refractivity contribution is -0.0731. The largest absolute Gasteiger partial charge is 0.444 e. The number of carbonyl (C=O) groups is 1. The Morgan fingerprint density at radius 2 is 2.07 bits per heavy atom. The van der Waals surface area contributed by atoms with Crippen molar-refractivity contribution in [2.45, 2.75) is 64.1 Å². The lowest BCUT2D eigenvalue weighted by atomic mass is 9.73. The standard InChI is InChI=1S/C21H34N2O6S/c1-6-7-14-27-18-15-23(19(24)29-20(2,3)4)13-11-21(18,16-28-30(5,25)26)17-10-8-9-12-22-17/h8-10,12,18H,6-7,11,13-16H2,1-5H3/t18-,21-/m1/s1. The number of nitrogens with zero attached hydrogens (tertiary/aromatic N) is 2. The summed E-state index contributed by atoms with van der Waals surface area (Å²) in [4.78, 5) is 18.8. The Balaban J connectivity index is 2.36. The predicted molar refractivity (Wildman–Crippen MR) is 114 cm³/mol. The number of amides is 1. The first kappa shape index (κ1) is 24.6. The Morgan fingerprint density at radius 3 is 2.63 bits per heavy atom. The highest BCUT2D eigenvalue weighted by molar-refractivity contribution is 7.85. The van der Waals surface area contributed by atoms with Gasteiger partial charge in [0.25, 0.3) is 10.1 Å². The molecule has 0 saturated carbocycles. The molecule has 9 heteroatoms. The molecule has 1 aliphatic rings. The molecule has 1 aromatic heterocycles. The number of carbonyl (C=O) groups excluding carboxylic acids is 1. The summed E-state index contributed by atoms with van der Waals surface area (Å²) in [5.41, 5.74) is -0.708. The zero-order chi connectivity index (χ0) is 22.4. The van der Waals surface area contributed by atoms with Crippen LogP contribution in [-0.4, -0.2) is 68.7 Å². The highest BCUT2D eigenvalue weighted by atomic mass is 32.2. The van der Waals surface area contributed by atoms with Crippen molar-refractivity contribution in [2.24, 2.45) is 0 Å². The molecule has 0 unspecified atom stereocenters. The van der Waals surface area contributed by atoms with Crippen molar-refractivity contribution in [1.82, 2.24) is 9.88 Å². The van der Waals surface area contributed by atoms with Crippen molar-refractivity contribution in [2.75, 3.05) is 32.6 Å². The van der Waals surface area contributed by atoms with Crippen molar-refractivity contribution in [1.29, 1.82) is 0 Å². The molecule has 2 atom stereocenters. The summed E-state index contributed by atoms with van der Waals surface area (Å²) in [6.07, 6.45) is 4.05. The first-order valence-corrected chi connectivity index (χ1v) is 12.1. The molecule has 2 heterocycles. The van der Waals surface area contributed by atoms with E-state index in [1.807, 2.05) is 32.9 Å². The summed E-state index contributed by atoms with van der Waals surface area (Å²) in [5, 5.41) is 0. The predicted octanol–water partition coefficient (Wildman–Crippen LogP) is 3.12. The summed E-state index contributed by atoms with van der Waals surface area (Å²) >= 11 is 0. The van der Waals surface area contributed by atoms with Gasteiger partial charge in [0.05, 0.1) is 36.6 Å². The number of aromatic nitrogens is 1. The van der Waals surface area contributed by atoms with Gasteiger partial charge in [-0.25, -0.2) is 4.79 Å². The number of piperidine rings is 1. The minimum absolute atomic E-state index is 0.0954. The second kappa shape index (κ2) is 10.1. The third-order valence-electron chi connectivity index (χ3n) is 5.00. The monoisotopic (exact) mass is 442 g/mol. The van der Waals surface area contributed by atoms with Crippen molar-refractivity contribution < 1.29 is 26.9 Å². The van der Waals surface area contributed by atoms with Crippen LogP contribution in [0.1, 0.15) is 52.7 Å². The molecule has 0 bridgehead atoms. The molecule has 170 valence electrons. The maximum Gasteiger partial charge on any atom is 0.410 e. The number of hydrogen-bond donors (Lipinski definition) is 0. The van der Waals surface area contributed by atoms with Gasteiger partial charge in [-0.3, -0.25) is 9.17 Å². The van der Waals surface area contributed by atoms with Crippen LogP contribution in [0.25, 0.3) is 0 Å². The molecule has 0 radical (unpaired) electrons. The van der Waals surface area contributed by atoms with E-state index in [1.54, 1.807) is 17.2 Å². The summed E-state index contributed by atoms with van der Waals surface area (Å²) in [6, 6.07) is 5.51. The van der Waals surface area contributed by atoms with Crippen LogP contribution >= 0.6 is 0 Å². The molecule has 2 rings (SSSR count). The van der Waals surface area contributed by atoms with Crippen molar-refractivity contribution in [3.05, 3.63) is 30.1 Å². The molecular weight excluding hydrogens is 408 g/mol. The zero-order valence-electron chi connectivity index (χ0n) is 18.6. The van der Waals surface area contributed by atoms with Crippen molar-refractivity contribution >= 4 is 16.2 Å². The average Bonchev–Trinajstić information content (AvgIpc) is 2.66. The molecule has 1 saturated heterocycles. The van der Waals surface area contributed by atoms with Gasteiger partial charge in [0.1, 0.15) is 5.60 Å². The molecule has 1 amide bonds. The molecular formula is C21H34N2O6S. The lowest BCUT2D eigenvalue weighted by Crippen LogP contribution is -2.59. The van der Waals surface area contributed by atoms with Crippen LogP contribution in [0, 0.1) is 0 Å². The van der Waals surface area contributed by atoms with Crippen molar-refractivity contribution in [3.8, 4) is 0 Å². The van der Waals surface area contributed by atoms with Crippen LogP contribution in [0.5, 0.6) is 0 Å². The number of ether oxygens (including phenoxy) is 2. The number of unbranched alkanes of at least 4 members (excludes halogenated alkanes) is 1. The second-order valence-electron chi connectivity index (χ2n) is 8.73. The van der Waals surface area contributed by atoms with E-state index in [0.29, 0.717) is 25.3 Å². The minimum Gasteiger partial charge on any atom is -0.444 e. The maximum atomic E-state index is 12.7. The third kappa shape index (κ3) is 6.92. The minimum atomic E-state index is -3.66. The van der Waals surface area contributed by atoms with Crippen LogP contribution in [-0.2, 0) is 29.2 Å². The second-order valence-corrected chi connectivity index (χ2v) is 10.4. The van der Waals surface area contributed by atoms with Gasteiger partial charge in [-0.15, -0.1) is 0 Å².